The maximum absolute atomic E-state index is 11.9. The Balaban J connectivity index is 2.71. The van der Waals surface area contributed by atoms with E-state index in [1.54, 1.807) is 0 Å². The molecule has 0 radical (unpaired) electrons. The van der Waals surface area contributed by atoms with Crippen LogP contribution in [0.4, 0.5) is 0 Å². The highest BCUT2D eigenvalue weighted by Crippen LogP contribution is 2.10. The number of rotatable bonds is 4. The average molecular weight is 262 g/mol. The van der Waals surface area contributed by atoms with Gasteiger partial charge < -0.3 is 10.2 Å². The van der Waals surface area contributed by atoms with Crippen molar-refractivity contribution >= 4 is 21.7 Å². The van der Waals surface area contributed by atoms with E-state index >= 15 is 0 Å². The highest BCUT2D eigenvalue weighted by Gasteiger charge is 2.34. The van der Waals surface area contributed by atoms with E-state index in [-0.39, 0.29) is 36.6 Å². The molecular weight excluding hydrogens is 244 g/mol. The summed E-state index contributed by atoms with van der Waals surface area (Å²) >= 11 is 0. The number of piperazine rings is 1. The van der Waals surface area contributed by atoms with Crippen molar-refractivity contribution in [1.82, 2.24) is 10.2 Å². The van der Waals surface area contributed by atoms with Gasteiger partial charge in [-0.3, -0.25) is 9.59 Å². The molecule has 0 aliphatic carbocycles. The molecule has 0 aromatic rings. The Kier molecular flexibility index (Phi) is 4.13. The first kappa shape index (κ1) is 14.0. The van der Waals surface area contributed by atoms with Gasteiger partial charge in [0.25, 0.3) is 0 Å². The van der Waals surface area contributed by atoms with Gasteiger partial charge in [-0.05, 0) is 5.92 Å². The van der Waals surface area contributed by atoms with E-state index in [0.717, 1.165) is 6.26 Å². The lowest BCUT2D eigenvalue weighted by atomic mass is 10.0. The topological polar surface area (TPSA) is 83.6 Å². The maximum Gasteiger partial charge on any atom is 0.245 e. The highest BCUT2D eigenvalue weighted by atomic mass is 32.2. The molecule has 0 bridgehead atoms. The Morgan fingerprint density at radius 1 is 1.41 bits per heavy atom. The Bertz CT molecular complexity index is 416. The van der Waals surface area contributed by atoms with Crippen LogP contribution >= 0.6 is 0 Å². The van der Waals surface area contributed by atoms with Crippen molar-refractivity contribution in [3.8, 4) is 0 Å². The van der Waals surface area contributed by atoms with Crippen LogP contribution in [-0.4, -0.2) is 56.3 Å². The molecule has 6 nitrogen and oxygen atoms in total. The number of hydrogen-bond acceptors (Lipinski definition) is 4. The number of nitrogens with zero attached hydrogens (tertiary/aromatic N) is 1. The van der Waals surface area contributed by atoms with Gasteiger partial charge in [0, 0.05) is 12.8 Å². The van der Waals surface area contributed by atoms with E-state index in [1.807, 2.05) is 13.8 Å². The van der Waals surface area contributed by atoms with Crippen molar-refractivity contribution in [2.45, 2.75) is 19.9 Å². The first-order valence-electron chi connectivity index (χ1n) is 5.46. The molecule has 1 saturated heterocycles. The molecule has 0 aromatic carbocycles. The first-order chi connectivity index (χ1) is 7.70. The second kappa shape index (κ2) is 5.03. The van der Waals surface area contributed by atoms with Crippen LogP contribution in [0.1, 0.15) is 13.8 Å². The minimum Gasteiger partial charge on any atom is -0.343 e. The molecule has 7 heteroatoms. The van der Waals surface area contributed by atoms with E-state index < -0.39 is 15.9 Å². The third-order valence-corrected chi connectivity index (χ3v) is 3.55. The van der Waals surface area contributed by atoms with Crippen molar-refractivity contribution < 1.29 is 18.0 Å². The zero-order valence-corrected chi connectivity index (χ0v) is 11.1. The number of carbonyl (C=O) groups excluding carboxylic acids is 2. The summed E-state index contributed by atoms with van der Waals surface area (Å²) in [6, 6.07) is -0.546. The van der Waals surface area contributed by atoms with Gasteiger partial charge in [0.15, 0.2) is 0 Å². The molecule has 1 rings (SSSR count). The van der Waals surface area contributed by atoms with Crippen molar-refractivity contribution in [3.63, 3.8) is 0 Å². The fraction of sp³-hybridized carbons (Fsp3) is 0.800. The molecule has 1 unspecified atom stereocenters. The van der Waals surface area contributed by atoms with Crippen LogP contribution in [-0.2, 0) is 19.4 Å². The van der Waals surface area contributed by atoms with Crippen LogP contribution in [0.2, 0.25) is 0 Å². The summed E-state index contributed by atoms with van der Waals surface area (Å²) in [5.74, 6) is -0.566. The lowest BCUT2D eigenvalue weighted by molar-refractivity contribution is -0.145. The van der Waals surface area contributed by atoms with E-state index in [0.29, 0.717) is 0 Å². The Morgan fingerprint density at radius 3 is 2.47 bits per heavy atom. The SMILES string of the molecule is CC(C)C1NC(=O)CN(CCS(C)(=O)=O)C1=O. The van der Waals surface area contributed by atoms with Gasteiger partial charge in [-0.15, -0.1) is 0 Å². The van der Waals surface area contributed by atoms with Gasteiger partial charge in [0.1, 0.15) is 15.9 Å². The molecular formula is C10H18N2O4S. The summed E-state index contributed by atoms with van der Waals surface area (Å²) in [7, 11) is -3.13. The molecule has 1 aliphatic rings. The molecule has 1 fully saturated rings. The molecule has 0 spiro atoms. The van der Waals surface area contributed by atoms with E-state index in [9.17, 15) is 18.0 Å². The molecule has 1 atom stereocenters. The number of nitrogens with one attached hydrogen (secondary N) is 1. The second-order valence-corrected chi connectivity index (χ2v) is 6.94. The fourth-order valence-corrected chi connectivity index (χ4v) is 2.20. The van der Waals surface area contributed by atoms with Crippen molar-refractivity contribution in [2.75, 3.05) is 25.1 Å². The molecule has 1 heterocycles. The smallest absolute Gasteiger partial charge is 0.245 e. The van der Waals surface area contributed by atoms with E-state index in [2.05, 4.69) is 5.32 Å². The first-order valence-corrected chi connectivity index (χ1v) is 7.52. The highest BCUT2D eigenvalue weighted by molar-refractivity contribution is 7.90. The van der Waals surface area contributed by atoms with Crippen LogP contribution in [0.15, 0.2) is 0 Å². The third kappa shape index (κ3) is 3.99. The number of hydrogen-bond donors (Lipinski definition) is 1. The molecule has 98 valence electrons. The summed E-state index contributed by atoms with van der Waals surface area (Å²) < 4.78 is 22.1. The second-order valence-electron chi connectivity index (χ2n) is 4.68. The van der Waals surface area contributed by atoms with Crippen molar-refractivity contribution in [1.29, 1.82) is 0 Å². The lowest BCUT2D eigenvalue weighted by Gasteiger charge is -2.34. The fourth-order valence-electron chi connectivity index (χ4n) is 1.65. The van der Waals surface area contributed by atoms with Crippen molar-refractivity contribution in [3.05, 3.63) is 0 Å². The van der Waals surface area contributed by atoms with Crippen LogP contribution in [0, 0.1) is 5.92 Å². The third-order valence-electron chi connectivity index (χ3n) is 2.63. The monoisotopic (exact) mass is 262 g/mol. The summed E-state index contributed by atoms with van der Waals surface area (Å²) in [6.45, 7) is 3.69. The van der Waals surface area contributed by atoms with E-state index in [4.69, 9.17) is 0 Å². The predicted molar refractivity (Wildman–Crippen MR) is 63.1 cm³/mol. The van der Waals surface area contributed by atoms with Gasteiger partial charge in [0.05, 0.1) is 12.3 Å². The minimum absolute atomic E-state index is 0.00696. The average Bonchev–Trinajstić information content (AvgIpc) is 2.17. The minimum atomic E-state index is -3.13. The number of sulfone groups is 1. The van der Waals surface area contributed by atoms with Crippen LogP contribution in [0.5, 0.6) is 0 Å². The number of carbonyl (C=O) groups is 2. The Hall–Kier alpha value is -1.11. The zero-order chi connectivity index (χ0) is 13.2. The summed E-state index contributed by atoms with van der Waals surface area (Å²) in [6.07, 6.45) is 1.11. The standard InChI is InChI=1S/C10H18N2O4S/c1-7(2)9-10(14)12(6-8(13)11-9)4-5-17(3,15)16/h7,9H,4-6H2,1-3H3,(H,11,13). The summed E-state index contributed by atoms with van der Waals surface area (Å²) in [4.78, 5) is 24.7. The molecule has 1 N–H and O–H groups in total. The maximum atomic E-state index is 11.9. The molecule has 0 saturated carbocycles. The Morgan fingerprint density at radius 2 is 2.00 bits per heavy atom. The van der Waals surface area contributed by atoms with Crippen LogP contribution in [0.25, 0.3) is 0 Å². The normalized spacial score (nSPS) is 21.9. The van der Waals surface area contributed by atoms with Gasteiger partial charge >= 0.3 is 0 Å². The molecule has 2 amide bonds. The van der Waals surface area contributed by atoms with Gasteiger partial charge in [0.2, 0.25) is 11.8 Å². The van der Waals surface area contributed by atoms with Crippen LogP contribution in [0.3, 0.4) is 0 Å². The lowest BCUT2D eigenvalue weighted by Crippen LogP contribution is -2.60. The summed E-state index contributed by atoms with van der Waals surface area (Å²) in [5, 5.41) is 2.61. The number of amides is 2. The quantitative estimate of drug-likeness (QED) is 0.705. The van der Waals surface area contributed by atoms with Crippen LogP contribution < -0.4 is 5.32 Å². The molecule has 0 aromatic heterocycles. The predicted octanol–water partition coefficient (Wildman–Crippen LogP) is -0.986. The summed E-state index contributed by atoms with van der Waals surface area (Å²) in [5.41, 5.74) is 0. The van der Waals surface area contributed by atoms with Crippen molar-refractivity contribution in [2.24, 2.45) is 5.92 Å². The molecule has 1 aliphatic heterocycles. The van der Waals surface area contributed by atoms with E-state index in [1.165, 1.54) is 4.90 Å². The largest absolute Gasteiger partial charge is 0.343 e. The zero-order valence-electron chi connectivity index (χ0n) is 10.3. The Labute approximate surface area is 101 Å². The van der Waals surface area contributed by atoms with Gasteiger partial charge in [-0.25, -0.2) is 8.42 Å². The van der Waals surface area contributed by atoms with Gasteiger partial charge in [-0.1, -0.05) is 13.8 Å². The van der Waals surface area contributed by atoms with Gasteiger partial charge in [-0.2, -0.15) is 0 Å². The molecule has 17 heavy (non-hydrogen) atoms.